The van der Waals surface area contributed by atoms with Crippen molar-refractivity contribution in [2.24, 2.45) is 5.92 Å². The zero-order valence-corrected chi connectivity index (χ0v) is 10.3. The second-order valence-corrected chi connectivity index (χ2v) is 4.58. The molecule has 1 aromatic heterocycles. The van der Waals surface area contributed by atoms with E-state index in [2.05, 4.69) is 15.6 Å². The summed E-state index contributed by atoms with van der Waals surface area (Å²) in [6, 6.07) is -0.168. The summed E-state index contributed by atoms with van der Waals surface area (Å²) in [5.74, 6) is 1.49. The highest BCUT2D eigenvalue weighted by atomic mass is 16.4. The first-order chi connectivity index (χ1) is 8.16. The molecule has 1 unspecified atom stereocenters. The second kappa shape index (κ2) is 5.31. The van der Waals surface area contributed by atoms with Gasteiger partial charge in [0.2, 0.25) is 11.8 Å². The smallest absolute Gasteiger partial charge is 0.225 e. The Morgan fingerprint density at radius 2 is 2.53 bits per heavy atom. The molecule has 1 amide bonds. The van der Waals surface area contributed by atoms with E-state index in [1.807, 2.05) is 13.8 Å². The molecule has 0 aromatic carbocycles. The molecule has 0 bridgehead atoms. The van der Waals surface area contributed by atoms with Crippen molar-refractivity contribution >= 4 is 5.91 Å². The van der Waals surface area contributed by atoms with Crippen LogP contribution >= 0.6 is 0 Å². The summed E-state index contributed by atoms with van der Waals surface area (Å²) in [6.45, 7) is 5.51. The molecule has 2 atom stereocenters. The van der Waals surface area contributed by atoms with Gasteiger partial charge in [0.25, 0.3) is 0 Å². The molecule has 0 saturated carbocycles. The fraction of sp³-hybridized carbons (Fsp3) is 0.667. The Morgan fingerprint density at radius 1 is 1.71 bits per heavy atom. The van der Waals surface area contributed by atoms with Crippen LogP contribution in [0.1, 0.15) is 37.5 Å². The van der Waals surface area contributed by atoms with Gasteiger partial charge in [-0.3, -0.25) is 4.79 Å². The van der Waals surface area contributed by atoms with E-state index in [0.29, 0.717) is 5.89 Å². The number of carbonyl (C=O) groups is 1. The maximum atomic E-state index is 12.0. The van der Waals surface area contributed by atoms with Gasteiger partial charge in [-0.1, -0.05) is 0 Å². The van der Waals surface area contributed by atoms with Gasteiger partial charge in [0.15, 0.2) is 0 Å². The highest BCUT2D eigenvalue weighted by Gasteiger charge is 2.23. The van der Waals surface area contributed by atoms with Crippen molar-refractivity contribution in [2.75, 3.05) is 13.1 Å². The predicted molar refractivity (Wildman–Crippen MR) is 63.4 cm³/mol. The molecule has 17 heavy (non-hydrogen) atoms. The SMILES string of the molecule is Cc1cnc(C(C)NC(=O)[C@H]2CCCNC2)o1. The zero-order valence-electron chi connectivity index (χ0n) is 10.3. The fourth-order valence-electron chi connectivity index (χ4n) is 2.04. The van der Waals surface area contributed by atoms with Crippen molar-refractivity contribution in [3.05, 3.63) is 17.8 Å². The van der Waals surface area contributed by atoms with E-state index < -0.39 is 0 Å². The van der Waals surface area contributed by atoms with Crippen LogP contribution in [-0.4, -0.2) is 24.0 Å². The van der Waals surface area contributed by atoms with Gasteiger partial charge < -0.3 is 15.1 Å². The van der Waals surface area contributed by atoms with Crippen LogP contribution in [0.3, 0.4) is 0 Å². The summed E-state index contributed by atoms with van der Waals surface area (Å²) >= 11 is 0. The molecule has 1 aliphatic rings. The molecule has 5 heteroatoms. The number of nitrogens with one attached hydrogen (secondary N) is 2. The van der Waals surface area contributed by atoms with Crippen LogP contribution in [-0.2, 0) is 4.79 Å². The largest absolute Gasteiger partial charge is 0.444 e. The monoisotopic (exact) mass is 237 g/mol. The number of aromatic nitrogens is 1. The Kier molecular flexibility index (Phi) is 3.78. The lowest BCUT2D eigenvalue weighted by molar-refractivity contribution is -0.126. The van der Waals surface area contributed by atoms with Crippen LogP contribution in [0.4, 0.5) is 0 Å². The van der Waals surface area contributed by atoms with Gasteiger partial charge in [0.1, 0.15) is 11.8 Å². The lowest BCUT2D eigenvalue weighted by atomic mass is 9.98. The first kappa shape index (κ1) is 12.1. The molecule has 0 radical (unpaired) electrons. The number of nitrogens with zero attached hydrogens (tertiary/aromatic N) is 1. The molecule has 0 spiro atoms. The summed E-state index contributed by atoms with van der Waals surface area (Å²) in [7, 11) is 0. The standard InChI is InChI=1S/C12H19N3O2/c1-8-6-14-12(17-8)9(2)15-11(16)10-4-3-5-13-7-10/h6,9-10,13H,3-5,7H2,1-2H3,(H,15,16)/t9?,10-/m0/s1. The topological polar surface area (TPSA) is 67.2 Å². The summed E-state index contributed by atoms with van der Waals surface area (Å²) in [4.78, 5) is 16.1. The van der Waals surface area contributed by atoms with Crippen molar-refractivity contribution in [1.82, 2.24) is 15.6 Å². The van der Waals surface area contributed by atoms with Crippen LogP contribution in [0.15, 0.2) is 10.6 Å². The van der Waals surface area contributed by atoms with Crippen molar-refractivity contribution in [1.29, 1.82) is 0 Å². The first-order valence-electron chi connectivity index (χ1n) is 6.10. The molecule has 2 heterocycles. The lowest BCUT2D eigenvalue weighted by Crippen LogP contribution is -2.41. The number of hydrogen-bond donors (Lipinski definition) is 2. The number of amides is 1. The molecule has 1 fully saturated rings. The molecule has 1 aromatic rings. The van der Waals surface area contributed by atoms with Crippen LogP contribution < -0.4 is 10.6 Å². The number of piperidine rings is 1. The molecule has 0 aliphatic carbocycles. The van der Waals surface area contributed by atoms with Crippen molar-refractivity contribution < 1.29 is 9.21 Å². The quantitative estimate of drug-likeness (QED) is 0.828. The number of aryl methyl sites for hydroxylation is 1. The van der Waals surface area contributed by atoms with Crippen molar-refractivity contribution in [3.8, 4) is 0 Å². The predicted octanol–water partition coefficient (Wildman–Crippen LogP) is 1.16. The highest BCUT2D eigenvalue weighted by molar-refractivity contribution is 5.79. The summed E-state index contributed by atoms with van der Waals surface area (Å²) in [6.07, 6.45) is 3.68. The highest BCUT2D eigenvalue weighted by Crippen LogP contribution is 2.15. The van der Waals surface area contributed by atoms with Gasteiger partial charge >= 0.3 is 0 Å². The number of rotatable bonds is 3. The van der Waals surface area contributed by atoms with Crippen LogP contribution in [0.2, 0.25) is 0 Å². The number of oxazole rings is 1. The molecule has 5 nitrogen and oxygen atoms in total. The average molecular weight is 237 g/mol. The van der Waals surface area contributed by atoms with Crippen LogP contribution in [0, 0.1) is 12.8 Å². The maximum Gasteiger partial charge on any atom is 0.225 e. The summed E-state index contributed by atoms with van der Waals surface area (Å²) < 4.78 is 5.39. The van der Waals surface area contributed by atoms with E-state index in [1.54, 1.807) is 6.20 Å². The third kappa shape index (κ3) is 3.06. The Hall–Kier alpha value is -1.36. The van der Waals surface area contributed by atoms with E-state index in [1.165, 1.54) is 0 Å². The molecule has 1 aliphatic heterocycles. The van der Waals surface area contributed by atoms with Gasteiger partial charge in [-0.2, -0.15) is 0 Å². The molecule has 94 valence electrons. The normalized spacial score (nSPS) is 22.1. The third-order valence-corrected chi connectivity index (χ3v) is 3.04. The van der Waals surface area contributed by atoms with Gasteiger partial charge in [-0.25, -0.2) is 4.98 Å². The molecule has 2 rings (SSSR count). The Balaban J connectivity index is 1.89. The summed E-state index contributed by atoms with van der Waals surface area (Å²) in [5, 5.41) is 6.18. The van der Waals surface area contributed by atoms with Gasteiger partial charge in [0, 0.05) is 6.54 Å². The molecular weight excluding hydrogens is 218 g/mol. The van der Waals surface area contributed by atoms with E-state index >= 15 is 0 Å². The van der Waals surface area contributed by atoms with E-state index in [0.717, 1.165) is 31.7 Å². The van der Waals surface area contributed by atoms with Gasteiger partial charge in [-0.15, -0.1) is 0 Å². The lowest BCUT2D eigenvalue weighted by Gasteiger charge is -2.23. The zero-order chi connectivity index (χ0) is 12.3. The minimum absolute atomic E-state index is 0.0715. The minimum atomic E-state index is -0.168. The first-order valence-corrected chi connectivity index (χ1v) is 6.10. The Bertz CT molecular complexity index is 383. The van der Waals surface area contributed by atoms with Gasteiger partial charge in [-0.05, 0) is 33.2 Å². The van der Waals surface area contributed by atoms with E-state index in [9.17, 15) is 4.79 Å². The average Bonchev–Trinajstić information content (AvgIpc) is 2.77. The van der Waals surface area contributed by atoms with E-state index in [-0.39, 0.29) is 17.9 Å². The Morgan fingerprint density at radius 3 is 3.12 bits per heavy atom. The summed E-state index contributed by atoms with van der Waals surface area (Å²) in [5.41, 5.74) is 0. The fourth-order valence-corrected chi connectivity index (χ4v) is 2.04. The molecule has 2 N–H and O–H groups in total. The number of carbonyl (C=O) groups excluding carboxylic acids is 1. The van der Waals surface area contributed by atoms with Crippen LogP contribution in [0.25, 0.3) is 0 Å². The van der Waals surface area contributed by atoms with Crippen molar-refractivity contribution in [2.45, 2.75) is 32.7 Å². The van der Waals surface area contributed by atoms with Gasteiger partial charge in [0.05, 0.1) is 12.1 Å². The molecule has 1 saturated heterocycles. The van der Waals surface area contributed by atoms with E-state index in [4.69, 9.17) is 4.42 Å². The maximum absolute atomic E-state index is 12.0. The minimum Gasteiger partial charge on any atom is -0.444 e. The third-order valence-electron chi connectivity index (χ3n) is 3.04. The van der Waals surface area contributed by atoms with Crippen LogP contribution in [0.5, 0.6) is 0 Å². The second-order valence-electron chi connectivity index (χ2n) is 4.58. The van der Waals surface area contributed by atoms with Crippen molar-refractivity contribution in [3.63, 3.8) is 0 Å². The Labute approximate surface area is 101 Å². The number of hydrogen-bond acceptors (Lipinski definition) is 4. The molecular formula is C12H19N3O2.